The molecule has 1 aliphatic carbocycles. The molecule has 6 nitrogen and oxygen atoms in total. The van der Waals surface area contributed by atoms with Gasteiger partial charge >= 0.3 is 6.18 Å². The molecule has 1 unspecified atom stereocenters. The molecule has 0 saturated carbocycles. The number of aldehydes is 1. The van der Waals surface area contributed by atoms with E-state index in [9.17, 15) is 18.0 Å². The summed E-state index contributed by atoms with van der Waals surface area (Å²) in [5.41, 5.74) is 3.65. The van der Waals surface area contributed by atoms with Gasteiger partial charge in [0.05, 0.1) is 21.8 Å². The third-order valence-corrected chi connectivity index (χ3v) is 6.22. The molecule has 0 amide bonds. The molecule has 34 heavy (non-hydrogen) atoms. The molecular formula is C24H30F3N5OS. The molecule has 0 fully saturated rings. The number of allylic oxidation sites excluding steroid dienone is 3. The lowest BCUT2D eigenvalue weighted by molar-refractivity contribution is -0.115. The predicted octanol–water partition coefficient (Wildman–Crippen LogP) is 6.51. The number of hydrogen-bond donors (Lipinski definition) is 2. The summed E-state index contributed by atoms with van der Waals surface area (Å²) in [7, 11) is 0. The molecule has 0 bridgehead atoms. The number of alkyl halides is 3. The fourth-order valence-corrected chi connectivity index (χ4v) is 4.60. The Bertz CT molecular complexity index is 1090. The number of anilines is 2. The highest BCUT2D eigenvalue weighted by atomic mass is 32.1. The smallest absolute Gasteiger partial charge is 0.366 e. The Morgan fingerprint density at radius 1 is 1.24 bits per heavy atom. The number of aromatic nitrogens is 3. The Morgan fingerprint density at radius 3 is 2.53 bits per heavy atom. The molecule has 184 valence electrons. The van der Waals surface area contributed by atoms with Gasteiger partial charge in [0.15, 0.2) is 0 Å². The third-order valence-electron chi connectivity index (χ3n) is 4.91. The molecule has 2 N–H and O–H groups in total. The zero-order valence-electron chi connectivity index (χ0n) is 20.0. The first-order valence-corrected chi connectivity index (χ1v) is 11.8. The Hall–Kier alpha value is -3.01. The molecule has 2 aromatic heterocycles. The highest BCUT2D eigenvalue weighted by Crippen LogP contribution is 2.38. The van der Waals surface area contributed by atoms with Crippen molar-refractivity contribution in [2.75, 3.05) is 17.2 Å². The molecule has 10 heteroatoms. The van der Waals surface area contributed by atoms with Crippen LogP contribution in [-0.2, 0) is 4.79 Å². The lowest BCUT2D eigenvalue weighted by atomic mass is 10.1. The fraction of sp³-hybridized carbons (Fsp3) is 0.417. The van der Waals surface area contributed by atoms with Crippen LogP contribution in [0.25, 0.3) is 16.1 Å². The van der Waals surface area contributed by atoms with Crippen LogP contribution in [0.15, 0.2) is 30.4 Å². The van der Waals surface area contributed by atoms with Crippen LogP contribution in [0.2, 0.25) is 0 Å². The highest BCUT2D eigenvalue weighted by Gasteiger charge is 2.28. The van der Waals surface area contributed by atoms with Crippen molar-refractivity contribution >= 4 is 35.0 Å². The van der Waals surface area contributed by atoms with Crippen LogP contribution in [0.5, 0.6) is 0 Å². The van der Waals surface area contributed by atoms with Crippen molar-refractivity contribution in [3.05, 3.63) is 46.6 Å². The average molecular weight is 494 g/mol. The van der Waals surface area contributed by atoms with Crippen LogP contribution in [0.4, 0.5) is 24.9 Å². The van der Waals surface area contributed by atoms with Gasteiger partial charge in [0.2, 0.25) is 5.95 Å². The molecule has 0 aromatic carbocycles. The summed E-state index contributed by atoms with van der Waals surface area (Å²) in [6.07, 6.45) is 2.99. The lowest BCUT2D eigenvalue weighted by Crippen LogP contribution is -2.24. The van der Waals surface area contributed by atoms with Crippen molar-refractivity contribution in [1.82, 2.24) is 15.0 Å². The van der Waals surface area contributed by atoms with Gasteiger partial charge in [-0.15, -0.1) is 11.3 Å². The normalized spacial score (nSPS) is 15.8. The van der Waals surface area contributed by atoms with Gasteiger partial charge in [-0.1, -0.05) is 38.7 Å². The number of rotatable bonds is 8. The van der Waals surface area contributed by atoms with Crippen molar-refractivity contribution < 1.29 is 18.0 Å². The van der Waals surface area contributed by atoms with Crippen molar-refractivity contribution in [1.29, 1.82) is 0 Å². The van der Waals surface area contributed by atoms with E-state index in [4.69, 9.17) is 0 Å². The summed E-state index contributed by atoms with van der Waals surface area (Å²) in [6, 6.07) is -0.0957. The van der Waals surface area contributed by atoms with E-state index in [0.717, 1.165) is 22.4 Å². The molecule has 0 spiro atoms. The van der Waals surface area contributed by atoms with E-state index in [0.29, 0.717) is 40.5 Å². The Balaban J connectivity index is 0.00000199. The summed E-state index contributed by atoms with van der Waals surface area (Å²) < 4.78 is 38.1. The van der Waals surface area contributed by atoms with Gasteiger partial charge < -0.3 is 10.6 Å². The monoisotopic (exact) mass is 493 g/mol. The number of halogens is 3. The number of nitrogens with zero attached hydrogens (tertiary/aromatic N) is 3. The van der Waals surface area contributed by atoms with Gasteiger partial charge in [-0.3, -0.25) is 4.79 Å². The SMILES string of the molecule is C=C/C=C(/C)c1sc(-c2c(C)nc(NCC(F)(F)F)nc2NC2CC=C(C=O)C2)nc1C.CC. The van der Waals surface area contributed by atoms with Crippen molar-refractivity contribution in [3.63, 3.8) is 0 Å². The van der Waals surface area contributed by atoms with Crippen LogP contribution in [0.3, 0.4) is 0 Å². The first kappa shape index (κ1) is 27.2. The molecule has 3 rings (SSSR count). The van der Waals surface area contributed by atoms with Crippen LogP contribution in [-0.4, -0.2) is 40.0 Å². The number of nitrogens with one attached hydrogen (secondary N) is 2. The van der Waals surface area contributed by atoms with Gasteiger partial charge in [-0.25, -0.2) is 9.97 Å². The van der Waals surface area contributed by atoms with Crippen molar-refractivity contribution in [2.45, 2.75) is 59.7 Å². The van der Waals surface area contributed by atoms with Crippen molar-refractivity contribution in [2.24, 2.45) is 0 Å². The fourth-order valence-electron chi connectivity index (χ4n) is 3.46. The zero-order valence-corrected chi connectivity index (χ0v) is 20.8. The summed E-state index contributed by atoms with van der Waals surface area (Å²) in [4.78, 5) is 25.3. The first-order chi connectivity index (χ1) is 16.1. The van der Waals surface area contributed by atoms with E-state index >= 15 is 0 Å². The standard InChI is InChI=1S/C22H24F3N5OS.C2H6/c1-5-6-12(2)18-14(4)27-20(32-18)17-13(3)28-21(26-11-22(23,24)25)30-19(17)29-16-8-7-15(9-16)10-31;1-2/h5-7,10,16H,1,8-9,11H2,2-4H3,(H2,26,28,29,30);1-2H3/b12-6-;. The van der Waals surface area contributed by atoms with E-state index in [1.165, 1.54) is 11.3 Å². The largest absolute Gasteiger partial charge is 0.405 e. The van der Waals surface area contributed by atoms with Crippen LogP contribution in [0, 0.1) is 13.8 Å². The number of hydrogen-bond acceptors (Lipinski definition) is 7. The highest BCUT2D eigenvalue weighted by molar-refractivity contribution is 7.16. The molecule has 0 aliphatic heterocycles. The number of thiazole rings is 1. The topological polar surface area (TPSA) is 79.8 Å². The van der Waals surface area contributed by atoms with Gasteiger partial charge in [0.25, 0.3) is 0 Å². The lowest BCUT2D eigenvalue weighted by Gasteiger charge is -2.18. The van der Waals surface area contributed by atoms with Gasteiger partial charge in [0.1, 0.15) is 23.7 Å². The first-order valence-electron chi connectivity index (χ1n) is 11.0. The molecule has 0 radical (unpaired) electrons. The van der Waals surface area contributed by atoms with Crippen molar-refractivity contribution in [3.8, 4) is 10.6 Å². The van der Waals surface area contributed by atoms with E-state index in [-0.39, 0.29) is 12.0 Å². The van der Waals surface area contributed by atoms with Crippen LogP contribution < -0.4 is 10.6 Å². The Labute approximate surface area is 202 Å². The maximum absolute atomic E-state index is 12.7. The minimum Gasteiger partial charge on any atom is -0.366 e. The van der Waals surface area contributed by atoms with Crippen LogP contribution in [0.1, 0.15) is 49.9 Å². The van der Waals surface area contributed by atoms with Gasteiger partial charge in [-0.2, -0.15) is 18.2 Å². The Morgan fingerprint density at radius 2 is 1.94 bits per heavy atom. The molecule has 0 saturated heterocycles. The van der Waals surface area contributed by atoms with E-state index in [1.54, 1.807) is 13.0 Å². The minimum absolute atomic E-state index is 0.0957. The summed E-state index contributed by atoms with van der Waals surface area (Å²) in [6.45, 7) is 12.1. The van der Waals surface area contributed by atoms with Gasteiger partial charge in [-0.05, 0) is 44.8 Å². The average Bonchev–Trinajstić information content (AvgIpc) is 3.39. The van der Waals surface area contributed by atoms with E-state index < -0.39 is 12.7 Å². The molecule has 1 aliphatic rings. The maximum atomic E-state index is 12.7. The van der Waals surface area contributed by atoms with E-state index in [2.05, 4.69) is 32.2 Å². The quantitative estimate of drug-likeness (QED) is 0.323. The predicted molar refractivity (Wildman–Crippen MR) is 133 cm³/mol. The molecule has 1 atom stereocenters. The Kier molecular flexibility index (Phi) is 9.55. The summed E-state index contributed by atoms with van der Waals surface area (Å²) in [5, 5.41) is 6.20. The molecule has 2 heterocycles. The number of aryl methyl sites for hydroxylation is 2. The molecule has 2 aromatic rings. The molecular weight excluding hydrogens is 463 g/mol. The number of carbonyl (C=O) groups excluding carboxylic acids is 1. The summed E-state index contributed by atoms with van der Waals surface area (Å²) >= 11 is 1.46. The minimum atomic E-state index is -4.39. The van der Waals surface area contributed by atoms with Gasteiger partial charge in [0, 0.05) is 6.04 Å². The third kappa shape index (κ3) is 6.99. The van der Waals surface area contributed by atoms with Crippen LogP contribution >= 0.6 is 11.3 Å². The second kappa shape index (κ2) is 11.9. The summed E-state index contributed by atoms with van der Waals surface area (Å²) in [5.74, 6) is 0.266. The van der Waals surface area contributed by atoms with E-state index in [1.807, 2.05) is 39.8 Å². The maximum Gasteiger partial charge on any atom is 0.405 e. The second-order valence-corrected chi connectivity index (χ2v) is 8.52. The number of carbonyl (C=O) groups is 1. The zero-order chi connectivity index (χ0) is 25.5. The second-order valence-electron chi connectivity index (χ2n) is 7.52.